The van der Waals surface area contributed by atoms with Gasteiger partial charge in [0.2, 0.25) is 5.91 Å². The maximum absolute atomic E-state index is 12.7. The average Bonchev–Trinajstić information content (AvgIpc) is 3.14. The molecule has 0 radical (unpaired) electrons. The first-order valence-corrected chi connectivity index (χ1v) is 9.77. The number of hydrogen-bond donors (Lipinski definition) is 2. The van der Waals surface area contributed by atoms with Gasteiger partial charge in [-0.3, -0.25) is 4.79 Å². The molecule has 0 saturated carbocycles. The monoisotopic (exact) mass is 370 g/mol. The summed E-state index contributed by atoms with van der Waals surface area (Å²) in [5.74, 6) is 0.821. The first kappa shape index (κ1) is 18.1. The summed E-state index contributed by atoms with van der Waals surface area (Å²) in [7, 11) is 1.66. The third-order valence-electron chi connectivity index (χ3n) is 5.98. The van der Waals surface area contributed by atoms with Crippen LogP contribution in [0, 0.1) is 11.8 Å². The summed E-state index contributed by atoms with van der Waals surface area (Å²) >= 11 is 0. The van der Waals surface area contributed by atoms with Crippen molar-refractivity contribution >= 4 is 5.91 Å². The Hall–Kier alpha value is -2.25. The summed E-state index contributed by atoms with van der Waals surface area (Å²) < 4.78 is 7.04. The Morgan fingerprint density at radius 3 is 2.96 bits per heavy atom. The van der Waals surface area contributed by atoms with Crippen LogP contribution in [0.25, 0.3) is 0 Å². The number of nitrogens with one attached hydrogen (secondary N) is 2. The topological polar surface area (TPSA) is 73.5 Å². The van der Waals surface area contributed by atoms with Gasteiger partial charge in [0, 0.05) is 26.5 Å². The molecule has 3 aliphatic heterocycles. The summed E-state index contributed by atoms with van der Waals surface area (Å²) in [6, 6.07) is 10.6. The second-order valence-corrected chi connectivity index (χ2v) is 7.77. The van der Waals surface area contributed by atoms with Crippen molar-refractivity contribution < 1.29 is 14.4 Å². The number of hydrogen-bond acceptors (Lipinski definition) is 4. The number of carbonyl (C=O) groups excluding carboxylic acids is 1. The lowest BCUT2D eigenvalue weighted by atomic mass is 9.75. The highest BCUT2D eigenvalue weighted by Gasteiger charge is 2.46. The second kappa shape index (κ2) is 8.19. The highest BCUT2D eigenvalue weighted by Crippen LogP contribution is 2.27. The first-order valence-electron chi connectivity index (χ1n) is 9.77. The molecule has 2 bridgehead atoms. The molecular weight excluding hydrogens is 342 g/mol. The van der Waals surface area contributed by atoms with E-state index in [1.807, 2.05) is 41.2 Å². The number of rotatable bonds is 7. The van der Waals surface area contributed by atoms with Crippen molar-refractivity contribution in [2.24, 2.45) is 11.8 Å². The van der Waals surface area contributed by atoms with Crippen molar-refractivity contribution in [2.75, 3.05) is 20.2 Å². The van der Waals surface area contributed by atoms with E-state index in [2.05, 4.69) is 15.6 Å². The zero-order valence-corrected chi connectivity index (χ0v) is 15.8. The Kier molecular flexibility index (Phi) is 5.50. The van der Waals surface area contributed by atoms with E-state index >= 15 is 0 Å². The van der Waals surface area contributed by atoms with E-state index in [4.69, 9.17) is 4.74 Å². The largest absolute Gasteiger partial charge is 0.378 e. The van der Waals surface area contributed by atoms with E-state index in [0.29, 0.717) is 25.1 Å². The summed E-state index contributed by atoms with van der Waals surface area (Å²) in [4.78, 5) is 14.3. The molecule has 3 saturated heterocycles. The zero-order valence-electron chi connectivity index (χ0n) is 15.8. The molecule has 1 aromatic carbocycles. The van der Waals surface area contributed by atoms with Crippen LogP contribution in [-0.4, -0.2) is 47.1 Å². The lowest BCUT2D eigenvalue weighted by Crippen LogP contribution is -3.20. The SMILES string of the molecule is COCc1cn(C[C@H]2C[C@@H]3CC[NH+]2C[C@@H]3C(=O)NCc2ccccc2)nn1. The summed E-state index contributed by atoms with van der Waals surface area (Å²) in [6.45, 7) is 4.05. The van der Waals surface area contributed by atoms with E-state index < -0.39 is 0 Å². The van der Waals surface area contributed by atoms with Crippen molar-refractivity contribution in [3.8, 4) is 0 Å². The van der Waals surface area contributed by atoms with E-state index in [1.54, 1.807) is 7.11 Å². The maximum atomic E-state index is 12.7. The van der Waals surface area contributed by atoms with Gasteiger partial charge in [-0.15, -0.1) is 5.10 Å². The third kappa shape index (κ3) is 4.20. The number of quaternary nitrogens is 1. The number of methoxy groups -OCH3 is 1. The molecule has 3 aliphatic rings. The molecule has 1 amide bonds. The van der Waals surface area contributed by atoms with Crippen LogP contribution in [-0.2, 0) is 29.2 Å². The number of benzene rings is 1. The van der Waals surface area contributed by atoms with Crippen LogP contribution in [0.4, 0.5) is 0 Å². The Morgan fingerprint density at radius 2 is 2.22 bits per heavy atom. The number of carbonyl (C=O) groups is 1. The molecule has 4 atom stereocenters. The van der Waals surface area contributed by atoms with Gasteiger partial charge >= 0.3 is 0 Å². The number of fused-ring (bicyclic) bond motifs is 3. The molecule has 7 heteroatoms. The molecule has 2 aromatic rings. The molecule has 3 fully saturated rings. The molecule has 1 aromatic heterocycles. The Balaban J connectivity index is 1.32. The smallest absolute Gasteiger partial charge is 0.229 e. The van der Waals surface area contributed by atoms with Crippen LogP contribution in [0.2, 0.25) is 0 Å². The average molecular weight is 370 g/mol. The van der Waals surface area contributed by atoms with Gasteiger partial charge in [-0.2, -0.15) is 0 Å². The van der Waals surface area contributed by atoms with Crippen LogP contribution in [0.3, 0.4) is 0 Å². The molecule has 144 valence electrons. The fourth-order valence-corrected chi connectivity index (χ4v) is 4.60. The molecule has 0 spiro atoms. The van der Waals surface area contributed by atoms with E-state index in [1.165, 1.54) is 4.90 Å². The van der Waals surface area contributed by atoms with Crippen molar-refractivity contribution in [1.82, 2.24) is 20.3 Å². The molecule has 27 heavy (non-hydrogen) atoms. The predicted octanol–water partition coefficient (Wildman–Crippen LogP) is 0.0342. The Labute approximate surface area is 159 Å². The summed E-state index contributed by atoms with van der Waals surface area (Å²) in [5, 5.41) is 11.5. The van der Waals surface area contributed by atoms with Crippen LogP contribution in [0.5, 0.6) is 0 Å². The molecule has 4 heterocycles. The van der Waals surface area contributed by atoms with Gasteiger partial charge in [0.05, 0.1) is 38.4 Å². The number of ether oxygens (including phenoxy) is 1. The predicted molar refractivity (Wildman–Crippen MR) is 99.7 cm³/mol. The van der Waals surface area contributed by atoms with Crippen LogP contribution >= 0.6 is 0 Å². The first-order chi connectivity index (χ1) is 13.2. The minimum atomic E-state index is 0.133. The zero-order chi connectivity index (χ0) is 18.6. The maximum Gasteiger partial charge on any atom is 0.229 e. The molecule has 5 rings (SSSR count). The van der Waals surface area contributed by atoms with Crippen molar-refractivity contribution in [1.29, 1.82) is 0 Å². The fourth-order valence-electron chi connectivity index (χ4n) is 4.60. The lowest BCUT2D eigenvalue weighted by Gasteiger charge is -2.46. The second-order valence-electron chi connectivity index (χ2n) is 7.77. The Bertz CT molecular complexity index is 763. The van der Waals surface area contributed by atoms with Gasteiger partial charge in [0.25, 0.3) is 0 Å². The quantitative estimate of drug-likeness (QED) is 0.722. The molecular formula is C20H28N5O2+. The van der Waals surface area contributed by atoms with Crippen LogP contribution in [0.15, 0.2) is 36.5 Å². The summed E-state index contributed by atoms with van der Waals surface area (Å²) in [6.07, 6.45) is 4.19. The molecule has 7 nitrogen and oxygen atoms in total. The number of piperidine rings is 3. The minimum Gasteiger partial charge on any atom is -0.378 e. The third-order valence-corrected chi connectivity index (χ3v) is 5.98. The van der Waals surface area contributed by atoms with Gasteiger partial charge in [0.15, 0.2) is 0 Å². The van der Waals surface area contributed by atoms with Gasteiger partial charge in [-0.1, -0.05) is 35.5 Å². The molecule has 0 aliphatic carbocycles. The molecule has 2 N–H and O–H groups in total. The van der Waals surface area contributed by atoms with E-state index in [0.717, 1.165) is 43.7 Å². The van der Waals surface area contributed by atoms with Gasteiger partial charge in [-0.25, -0.2) is 4.68 Å². The fraction of sp³-hybridized carbons (Fsp3) is 0.550. The van der Waals surface area contributed by atoms with E-state index in [9.17, 15) is 4.79 Å². The highest BCUT2D eigenvalue weighted by molar-refractivity contribution is 5.79. The normalized spacial score (nSPS) is 26.9. The number of nitrogens with zero attached hydrogens (tertiary/aromatic N) is 3. The number of amides is 1. The van der Waals surface area contributed by atoms with Crippen molar-refractivity contribution in [3.63, 3.8) is 0 Å². The van der Waals surface area contributed by atoms with Crippen molar-refractivity contribution in [3.05, 3.63) is 47.8 Å². The number of aromatic nitrogens is 3. The Morgan fingerprint density at radius 1 is 1.37 bits per heavy atom. The molecule has 1 unspecified atom stereocenters. The van der Waals surface area contributed by atoms with Gasteiger partial charge in [0.1, 0.15) is 11.7 Å². The van der Waals surface area contributed by atoms with E-state index in [-0.39, 0.29) is 11.8 Å². The highest BCUT2D eigenvalue weighted by atomic mass is 16.5. The van der Waals surface area contributed by atoms with Gasteiger partial charge < -0.3 is 15.0 Å². The minimum absolute atomic E-state index is 0.133. The van der Waals surface area contributed by atoms with Gasteiger partial charge in [-0.05, 0) is 11.5 Å². The van der Waals surface area contributed by atoms with Crippen LogP contribution < -0.4 is 10.2 Å². The van der Waals surface area contributed by atoms with Crippen molar-refractivity contribution in [2.45, 2.75) is 38.6 Å². The summed E-state index contributed by atoms with van der Waals surface area (Å²) in [5.41, 5.74) is 2.01. The standard InChI is InChI=1S/C20H27N5O2/c1-27-14-17-11-25(23-22-17)12-18-9-16-7-8-24(18)13-19(16)20(26)21-10-15-5-3-2-4-6-15/h2-6,11,16,18-19H,7-10,12-14H2,1H3,(H,21,26)/p+1/t16-,18+,19-/m0/s1. The van der Waals surface area contributed by atoms with Crippen LogP contribution in [0.1, 0.15) is 24.1 Å². The lowest BCUT2D eigenvalue weighted by molar-refractivity contribution is -0.945.